The van der Waals surface area contributed by atoms with Crippen LogP contribution in [0.2, 0.25) is 0 Å². The van der Waals surface area contributed by atoms with Crippen molar-refractivity contribution in [3.05, 3.63) is 0 Å². The molecular weight excluding hydrogens is 288 g/mol. The van der Waals surface area contributed by atoms with Crippen molar-refractivity contribution in [1.82, 2.24) is 10.6 Å². The molecule has 1 aliphatic rings. The summed E-state index contributed by atoms with van der Waals surface area (Å²) in [6, 6.07) is 1.27. The maximum atomic E-state index is 11.8. The first kappa shape index (κ1) is 20.3. The second-order valence-corrected chi connectivity index (χ2v) is 7.95. The van der Waals surface area contributed by atoms with Crippen molar-refractivity contribution in [2.24, 2.45) is 0 Å². The van der Waals surface area contributed by atoms with Crippen molar-refractivity contribution >= 4 is 6.09 Å². The SMILES string of the molecule is CCCCCC(CCCCC)NC1CC1NC(=O)OC(C)(C)C. The summed E-state index contributed by atoms with van der Waals surface area (Å²) in [4.78, 5) is 11.8. The van der Waals surface area contributed by atoms with Crippen LogP contribution in [0.3, 0.4) is 0 Å². The summed E-state index contributed by atoms with van der Waals surface area (Å²) in [6.45, 7) is 10.2. The fourth-order valence-electron chi connectivity index (χ4n) is 2.89. The third-order valence-corrected chi connectivity index (χ3v) is 4.25. The molecule has 0 spiro atoms. The fourth-order valence-corrected chi connectivity index (χ4v) is 2.89. The number of nitrogens with one attached hydrogen (secondary N) is 2. The molecule has 1 saturated carbocycles. The molecule has 23 heavy (non-hydrogen) atoms. The molecule has 0 saturated heterocycles. The highest BCUT2D eigenvalue weighted by atomic mass is 16.6. The molecule has 1 amide bonds. The van der Waals surface area contributed by atoms with Crippen molar-refractivity contribution < 1.29 is 9.53 Å². The van der Waals surface area contributed by atoms with E-state index in [-0.39, 0.29) is 12.1 Å². The quantitative estimate of drug-likeness (QED) is 0.538. The molecule has 0 aromatic rings. The van der Waals surface area contributed by atoms with Gasteiger partial charge in [0.05, 0.1) is 0 Å². The molecule has 4 heteroatoms. The number of hydrogen-bond acceptors (Lipinski definition) is 3. The van der Waals surface area contributed by atoms with Gasteiger partial charge in [0.2, 0.25) is 0 Å². The minimum absolute atomic E-state index is 0.240. The molecule has 0 bridgehead atoms. The number of hydrogen-bond donors (Lipinski definition) is 2. The van der Waals surface area contributed by atoms with Crippen LogP contribution < -0.4 is 10.6 Å². The van der Waals surface area contributed by atoms with Gasteiger partial charge >= 0.3 is 6.09 Å². The van der Waals surface area contributed by atoms with Gasteiger partial charge in [-0.1, -0.05) is 52.4 Å². The maximum Gasteiger partial charge on any atom is 0.407 e. The number of carbonyl (C=O) groups excluding carboxylic acids is 1. The predicted molar refractivity (Wildman–Crippen MR) is 96.8 cm³/mol. The van der Waals surface area contributed by atoms with E-state index in [1.807, 2.05) is 20.8 Å². The van der Waals surface area contributed by atoms with Gasteiger partial charge < -0.3 is 15.4 Å². The van der Waals surface area contributed by atoms with E-state index in [2.05, 4.69) is 24.5 Å². The smallest absolute Gasteiger partial charge is 0.407 e. The highest BCUT2D eigenvalue weighted by molar-refractivity contribution is 5.68. The van der Waals surface area contributed by atoms with E-state index >= 15 is 0 Å². The number of amides is 1. The van der Waals surface area contributed by atoms with E-state index in [0.29, 0.717) is 12.1 Å². The Morgan fingerprint density at radius 1 is 1.04 bits per heavy atom. The van der Waals surface area contributed by atoms with Gasteiger partial charge in [0.15, 0.2) is 0 Å². The van der Waals surface area contributed by atoms with E-state index in [1.165, 1.54) is 51.4 Å². The molecule has 0 aromatic heterocycles. The van der Waals surface area contributed by atoms with E-state index in [9.17, 15) is 4.79 Å². The lowest BCUT2D eigenvalue weighted by atomic mass is 10.0. The third kappa shape index (κ3) is 9.85. The highest BCUT2D eigenvalue weighted by Gasteiger charge is 2.40. The summed E-state index contributed by atoms with van der Waals surface area (Å²) in [5.74, 6) is 0. The Hall–Kier alpha value is -0.770. The molecule has 0 aromatic carbocycles. The summed E-state index contributed by atoms with van der Waals surface area (Å²) in [6.07, 6.45) is 11.0. The molecule has 2 atom stereocenters. The topological polar surface area (TPSA) is 50.4 Å². The Morgan fingerprint density at radius 3 is 2.09 bits per heavy atom. The van der Waals surface area contributed by atoms with Crippen LogP contribution in [0.4, 0.5) is 4.79 Å². The summed E-state index contributed by atoms with van der Waals surface area (Å²) in [7, 11) is 0. The number of alkyl carbamates (subject to hydrolysis) is 1. The Morgan fingerprint density at radius 2 is 1.61 bits per heavy atom. The lowest BCUT2D eigenvalue weighted by molar-refractivity contribution is 0.0521. The van der Waals surface area contributed by atoms with Crippen molar-refractivity contribution in [2.75, 3.05) is 0 Å². The van der Waals surface area contributed by atoms with Crippen molar-refractivity contribution in [2.45, 2.75) is 116 Å². The second-order valence-electron chi connectivity index (χ2n) is 7.95. The van der Waals surface area contributed by atoms with Crippen molar-refractivity contribution in [3.8, 4) is 0 Å². The number of rotatable bonds is 11. The monoisotopic (exact) mass is 326 g/mol. The van der Waals surface area contributed by atoms with Crippen molar-refractivity contribution in [1.29, 1.82) is 0 Å². The van der Waals surface area contributed by atoms with E-state index in [0.717, 1.165) is 6.42 Å². The van der Waals surface area contributed by atoms with Gasteiger partial charge in [0.25, 0.3) is 0 Å². The van der Waals surface area contributed by atoms with Gasteiger partial charge in [-0.2, -0.15) is 0 Å². The molecule has 4 nitrogen and oxygen atoms in total. The number of carbonyl (C=O) groups is 1. The first-order valence-electron chi connectivity index (χ1n) is 9.61. The molecule has 2 unspecified atom stereocenters. The van der Waals surface area contributed by atoms with Crippen LogP contribution in [0.1, 0.15) is 92.4 Å². The van der Waals surface area contributed by atoms with Crippen LogP contribution >= 0.6 is 0 Å². The van der Waals surface area contributed by atoms with Crippen molar-refractivity contribution in [3.63, 3.8) is 0 Å². The lowest BCUT2D eigenvalue weighted by Crippen LogP contribution is -2.39. The van der Waals surface area contributed by atoms with E-state index in [4.69, 9.17) is 4.74 Å². The zero-order valence-electron chi connectivity index (χ0n) is 15.9. The number of ether oxygens (including phenoxy) is 1. The second kappa shape index (κ2) is 10.2. The van der Waals surface area contributed by atoms with Gasteiger partial charge in [0.1, 0.15) is 5.60 Å². The van der Waals surface area contributed by atoms with Crippen LogP contribution in [-0.2, 0) is 4.74 Å². The standard InChI is InChI=1S/C19H38N2O2/c1-6-8-10-12-15(13-11-9-7-2)20-16-14-17(16)21-18(22)23-19(3,4)5/h15-17,20H,6-14H2,1-5H3,(H,21,22). The largest absolute Gasteiger partial charge is 0.444 e. The van der Waals surface area contributed by atoms with Crippen LogP contribution in [-0.4, -0.2) is 29.8 Å². The van der Waals surface area contributed by atoms with E-state index in [1.54, 1.807) is 0 Å². The number of unbranched alkanes of at least 4 members (excludes halogenated alkanes) is 4. The predicted octanol–water partition coefficient (Wildman–Crippen LogP) is 4.77. The zero-order chi connectivity index (χ0) is 17.3. The summed E-state index contributed by atoms with van der Waals surface area (Å²) in [5.41, 5.74) is -0.426. The van der Waals surface area contributed by atoms with Gasteiger partial charge in [-0.25, -0.2) is 4.79 Å². The summed E-state index contributed by atoms with van der Waals surface area (Å²) < 4.78 is 5.32. The van der Waals surface area contributed by atoms with Crippen LogP contribution in [0.25, 0.3) is 0 Å². The minimum Gasteiger partial charge on any atom is -0.444 e. The highest BCUT2D eigenvalue weighted by Crippen LogP contribution is 2.24. The first-order chi connectivity index (χ1) is 10.9. The molecule has 136 valence electrons. The van der Waals surface area contributed by atoms with Gasteiger partial charge in [0, 0.05) is 18.1 Å². The zero-order valence-corrected chi connectivity index (χ0v) is 15.9. The molecule has 1 fully saturated rings. The molecule has 0 radical (unpaired) electrons. The average Bonchev–Trinajstić information content (AvgIpc) is 3.14. The molecule has 1 rings (SSSR count). The van der Waals surface area contributed by atoms with Gasteiger partial charge in [-0.15, -0.1) is 0 Å². The molecular formula is C19H38N2O2. The Bertz CT molecular complexity index is 329. The third-order valence-electron chi connectivity index (χ3n) is 4.25. The Kier molecular flexibility index (Phi) is 8.96. The molecule has 0 heterocycles. The fraction of sp³-hybridized carbons (Fsp3) is 0.947. The summed E-state index contributed by atoms with van der Waals surface area (Å²) in [5, 5.41) is 6.73. The Labute approximate surface area is 143 Å². The maximum absolute atomic E-state index is 11.8. The minimum atomic E-state index is -0.426. The van der Waals surface area contributed by atoms with Crippen LogP contribution in [0.5, 0.6) is 0 Å². The van der Waals surface area contributed by atoms with Crippen LogP contribution in [0, 0.1) is 0 Å². The summed E-state index contributed by atoms with van der Waals surface area (Å²) >= 11 is 0. The average molecular weight is 327 g/mol. The van der Waals surface area contributed by atoms with E-state index < -0.39 is 5.60 Å². The van der Waals surface area contributed by atoms with Crippen LogP contribution in [0.15, 0.2) is 0 Å². The van der Waals surface area contributed by atoms with Gasteiger partial charge in [-0.3, -0.25) is 0 Å². The normalized spacial score (nSPS) is 20.6. The Balaban J connectivity index is 2.29. The molecule has 0 aliphatic heterocycles. The lowest BCUT2D eigenvalue weighted by Gasteiger charge is -2.21. The molecule has 1 aliphatic carbocycles. The first-order valence-corrected chi connectivity index (χ1v) is 9.61. The van der Waals surface area contributed by atoms with Gasteiger partial charge in [-0.05, 0) is 40.0 Å². The molecule has 2 N–H and O–H groups in total.